The number of fused-ring (bicyclic) bond motifs is 1. The van der Waals surface area contributed by atoms with Gasteiger partial charge in [0.25, 0.3) is 0 Å². The SMILES string of the molecule is O=CC1CCc2ccc(Br)cc2N1. The molecule has 0 aliphatic carbocycles. The molecule has 0 amide bonds. The molecule has 1 atom stereocenters. The molecule has 3 heteroatoms. The molecule has 0 aromatic heterocycles. The van der Waals surface area contributed by atoms with Gasteiger partial charge in [0.05, 0.1) is 6.04 Å². The van der Waals surface area contributed by atoms with E-state index in [1.165, 1.54) is 5.56 Å². The average Bonchev–Trinajstić information content (AvgIpc) is 2.16. The Morgan fingerprint density at radius 3 is 3.15 bits per heavy atom. The van der Waals surface area contributed by atoms with Gasteiger partial charge in [-0.1, -0.05) is 22.0 Å². The number of anilines is 1. The van der Waals surface area contributed by atoms with Crippen LogP contribution in [-0.4, -0.2) is 12.3 Å². The fraction of sp³-hybridized carbons (Fsp3) is 0.300. The van der Waals surface area contributed by atoms with Gasteiger partial charge in [-0.05, 0) is 30.5 Å². The van der Waals surface area contributed by atoms with Crippen molar-refractivity contribution in [1.82, 2.24) is 0 Å². The second-order valence-corrected chi connectivity index (χ2v) is 4.14. The van der Waals surface area contributed by atoms with Gasteiger partial charge >= 0.3 is 0 Å². The normalized spacial score (nSPS) is 20.2. The van der Waals surface area contributed by atoms with Crippen molar-refractivity contribution in [2.24, 2.45) is 0 Å². The van der Waals surface area contributed by atoms with Gasteiger partial charge in [-0.15, -0.1) is 0 Å². The summed E-state index contributed by atoms with van der Waals surface area (Å²) in [5.74, 6) is 0. The molecule has 1 N–H and O–H groups in total. The van der Waals surface area contributed by atoms with Crippen LogP contribution in [0.4, 0.5) is 5.69 Å². The quantitative estimate of drug-likeness (QED) is 0.763. The number of hydrogen-bond donors (Lipinski definition) is 1. The van der Waals surface area contributed by atoms with Crippen molar-refractivity contribution < 1.29 is 4.79 Å². The lowest BCUT2D eigenvalue weighted by molar-refractivity contribution is -0.108. The zero-order chi connectivity index (χ0) is 9.26. The molecule has 1 aliphatic rings. The smallest absolute Gasteiger partial charge is 0.142 e. The Morgan fingerprint density at radius 2 is 2.38 bits per heavy atom. The van der Waals surface area contributed by atoms with Crippen molar-refractivity contribution in [3.63, 3.8) is 0 Å². The summed E-state index contributed by atoms with van der Waals surface area (Å²) >= 11 is 3.40. The van der Waals surface area contributed by atoms with E-state index in [4.69, 9.17) is 0 Å². The highest BCUT2D eigenvalue weighted by Gasteiger charge is 2.16. The predicted octanol–water partition coefficient (Wildman–Crippen LogP) is 2.37. The van der Waals surface area contributed by atoms with Crippen LogP contribution in [0.25, 0.3) is 0 Å². The van der Waals surface area contributed by atoms with E-state index in [9.17, 15) is 4.79 Å². The van der Waals surface area contributed by atoms with E-state index in [1.807, 2.05) is 12.1 Å². The number of hydrogen-bond acceptors (Lipinski definition) is 2. The molecule has 0 spiro atoms. The van der Waals surface area contributed by atoms with Gasteiger partial charge in [0.1, 0.15) is 6.29 Å². The third-order valence-electron chi connectivity index (χ3n) is 2.30. The van der Waals surface area contributed by atoms with Crippen LogP contribution in [0.3, 0.4) is 0 Å². The number of carbonyl (C=O) groups excluding carboxylic acids is 1. The van der Waals surface area contributed by atoms with Crippen LogP contribution in [-0.2, 0) is 11.2 Å². The molecule has 0 saturated heterocycles. The molecular formula is C10H10BrNO. The number of benzene rings is 1. The lowest BCUT2D eigenvalue weighted by atomic mass is 9.99. The molecule has 0 bridgehead atoms. The summed E-state index contributed by atoms with van der Waals surface area (Å²) < 4.78 is 1.05. The fourth-order valence-electron chi connectivity index (χ4n) is 1.59. The highest BCUT2D eigenvalue weighted by atomic mass is 79.9. The summed E-state index contributed by atoms with van der Waals surface area (Å²) in [5.41, 5.74) is 2.37. The largest absolute Gasteiger partial charge is 0.375 e. The summed E-state index contributed by atoms with van der Waals surface area (Å²) in [6.07, 6.45) is 2.86. The van der Waals surface area contributed by atoms with Crippen LogP contribution >= 0.6 is 15.9 Å². The molecule has 1 aromatic rings. The Hall–Kier alpha value is -0.830. The third-order valence-corrected chi connectivity index (χ3v) is 2.80. The van der Waals surface area contributed by atoms with Gasteiger partial charge in [0, 0.05) is 10.2 Å². The third kappa shape index (κ3) is 1.75. The molecule has 13 heavy (non-hydrogen) atoms. The molecule has 0 saturated carbocycles. The second-order valence-electron chi connectivity index (χ2n) is 3.23. The molecule has 68 valence electrons. The number of aryl methyl sites for hydroxylation is 1. The first-order valence-corrected chi connectivity index (χ1v) is 5.09. The van der Waals surface area contributed by atoms with Crippen LogP contribution in [0.1, 0.15) is 12.0 Å². The first-order chi connectivity index (χ1) is 6.29. The molecule has 0 fully saturated rings. The number of carbonyl (C=O) groups is 1. The number of aldehydes is 1. The lowest BCUT2D eigenvalue weighted by Crippen LogP contribution is -2.26. The van der Waals surface area contributed by atoms with Crippen molar-refractivity contribution in [2.75, 3.05) is 5.32 Å². The van der Waals surface area contributed by atoms with Crippen molar-refractivity contribution in [1.29, 1.82) is 0 Å². The summed E-state index contributed by atoms with van der Waals surface area (Å²) in [6, 6.07) is 6.13. The van der Waals surface area contributed by atoms with Crippen molar-refractivity contribution in [3.05, 3.63) is 28.2 Å². The Balaban J connectivity index is 2.32. The number of nitrogens with one attached hydrogen (secondary N) is 1. The zero-order valence-corrected chi connectivity index (χ0v) is 8.67. The molecular weight excluding hydrogens is 230 g/mol. The Morgan fingerprint density at radius 1 is 1.54 bits per heavy atom. The summed E-state index contributed by atoms with van der Waals surface area (Å²) in [6.45, 7) is 0. The predicted molar refractivity (Wildman–Crippen MR) is 55.9 cm³/mol. The Labute approximate surface area is 85.5 Å². The highest BCUT2D eigenvalue weighted by Crippen LogP contribution is 2.27. The van der Waals surface area contributed by atoms with E-state index in [2.05, 4.69) is 27.3 Å². The van der Waals surface area contributed by atoms with E-state index in [0.29, 0.717) is 0 Å². The van der Waals surface area contributed by atoms with E-state index >= 15 is 0 Å². The molecule has 1 heterocycles. The fourth-order valence-corrected chi connectivity index (χ4v) is 1.95. The molecule has 0 radical (unpaired) electrons. The summed E-state index contributed by atoms with van der Waals surface area (Å²) in [5, 5.41) is 3.19. The van der Waals surface area contributed by atoms with Gasteiger partial charge in [-0.25, -0.2) is 0 Å². The van der Waals surface area contributed by atoms with Crippen LogP contribution < -0.4 is 5.32 Å². The summed E-state index contributed by atoms with van der Waals surface area (Å²) in [7, 11) is 0. The minimum absolute atomic E-state index is 0.0122. The van der Waals surface area contributed by atoms with Crippen molar-refractivity contribution >= 4 is 27.9 Å². The molecule has 1 aliphatic heterocycles. The highest BCUT2D eigenvalue weighted by molar-refractivity contribution is 9.10. The standard InChI is InChI=1S/C10H10BrNO/c11-8-3-1-7-2-4-9(6-13)12-10(7)5-8/h1,3,5-6,9,12H,2,4H2. The van der Waals surface area contributed by atoms with Gasteiger partial charge < -0.3 is 10.1 Å². The molecule has 1 unspecified atom stereocenters. The molecule has 2 rings (SSSR count). The lowest BCUT2D eigenvalue weighted by Gasteiger charge is -2.23. The minimum atomic E-state index is -0.0122. The van der Waals surface area contributed by atoms with Gasteiger partial charge in [0.2, 0.25) is 0 Å². The van der Waals surface area contributed by atoms with E-state index < -0.39 is 0 Å². The van der Waals surface area contributed by atoms with Crippen LogP contribution in [0, 0.1) is 0 Å². The maximum absolute atomic E-state index is 10.6. The second kappa shape index (κ2) is 3.50. The van der Waals surface area contributed by atoms with Gasteiger partial charge in [-0.3, -0.25) is 0 Å². The average molecular weight is 240 g/mol. The van der Waals surface area contributed by atoms with E-state index in [-0.39, 0.29) is 6.04 Å². The van der Waals surface area contributed by atoms with E-state index in [0.717, 1.165) is 29.3 Å². The van der Waals surface area contributed by atoms with E-state index in [1.54, 1.807) is 0 Å². The van der Waals surface area contributed by atoms with Gasteiger partial charge in [0.15, 0.2) is 0 Å². The molecule has 1 aromatic carbocycles. The first kappa shape index (κ1) is 8.75. The summed E-state index contributed by atoms with van der Waals surface area (Å²) in [4.78, 5) is 10.6. The Bertz CT molecular complexity index is 338. The monoisotopic (exact) mass is 239 g/mol. The van der Waals surface area contributed by atoms with Crippen molar-refractivity contribution in [2.45, 2.75) is 18.9 Å². The van der Waals surface area contributed by atoms with Crippen LogP contribution in [0.15, 0.2) is 22.7 Å². The zero-order valence-electron chi connectivity index (χ0n) is 7.09. The first-order valence-electron chi connectivity index (χ1n) is 4.30. The number of rotatable bonds is 1. The van der Waals surface area contributed by atoms with Crippen LogP contribution in [0.5, 0.6) is 0 Å². The topological polar surface area (TPSA) is 29.1 Å². The van der Waals surface area contributed by atoms with Crippen molar-refractivity contribution in [3.8, 4) is 0 Å². The van der Waals surface area contributed by atoms with Crippen LogP contribution in [0.2, 0.25) is 0 Å². The maximum atomic E-state index is 10.6. The molecule has 2 nitrogen and oxygen atoms in total. The van der Waals surface area contributed by atoms with Gasteiger partial charge in [-0.2, -0.15) is 0 Å². The maximum Gasteiger partial charge on any atom is 0.142 e. The number of halogens is 1. The Kier molecular flexibility index (Phi) is 2.36. The minimum Gasteiger partial charge on any atom is -0.375 e.